The second-order valence-corrected chi connectivity index (χ2v) is 28.9. The van der Waals surface area contributed by atoms with Gasteiger partial charge in [-0.3, -0.25) is 0 Å². The topological polar surface area (TPSA) is 3.24 Å². The minimum absolute atomic E-state index is 0.0634. The first-order chi connectivity index (χ1) is 33.5. The minimum atomic E-state index is -3.86. The second-order valence-electron chi connectivity index (χ2n) is 21.1. The molecule has 0 N–H and O–H groups in total. The van der Waals surface area contributed by atoms with E-state index in [0.29, 0.717) is 17.8 Å². The zero-order valence-electron chi connectivity index (χ0n) is 41.3. The van der Waals surface area contributed by atoms with Gasteiger partial charge in [-0.15, -0.1) is 0 Å². The Kier molecular flexibility index (Phi) is 10.5. The summed E-state index contributed by atoms with van der Waals surface area (Å²) in [6.45, 7) is 18.9. The van der Waals surface area contributed by atoms with E-state index in [-0.39, 0.29) is 6.71 Å². The van der Waals surface area contributed by atoms with Crippen molar-refractivity contribution in [2.75, 3.05) is 4.90 Å². The molecule has 9 aromatic carbocycles. The molecule has 3 aliphatic rings. The fourth-order valence-corrected chi connectivity index (χ4v) is 24.2. The molecule has 3 heteroatoms. The van der Waals surface area contributed by atoms with Gasteiger partial charge < -0.3 is 0 Å². The van der Waals surface area contributed by atoms with Gasteiger partial charge >= 0.3 is 416 Å². The number of hydrogen-bond acceptors (Lipinski definition) is 1. The van der Waals surface area contributed by atoms with Crippen molar-refractivity contribution in [2.24, 2.45) is 0 Å². The number of nitrogens with zero attached hydrogens (tertiary/aromatic N) is 1. The molecule has 0 saturated carbocycles. The summed E-state index contributed by atoms with van der Waals surface area (Å²) in [6.07, 6.45) is 0. The molecular weight excluding hydrogens is 890 g/mol. The molecule has 1 spiro atoms. The van der Waals surface area contributed by atoms with Crippen LogP contribution in [-0.4, -0.2) is 20.0 Å². The zero-order chi connectivity index (χ0) is 47.3. The summed E-state index contributed by atoms with van der Waals surface area (Å²) in [4.78, 5) is 2.63. The third kappa shape index (κ3) is 6.30. The number of aryl methyl sites for hydroxylation is 2. The van der Waals surface area contributed by atoms with Crippen LogP contribution in [0.2, 0.25) is 0 Å². The van der Waals surface area contributed by atoms with E-state index in [4.69, 9.17) is 0 Å². The van der Waals surface area contributed by atoms with Crippen LogP contribution in [0.15, 0.2) is 200 Å². The van der Waals surface area contributed by atoms with Crippen LogP contribution >= 0.6 is 0 Å². The molecule has 9 aromatic rings. The molecule has 12 rings (SSSR count). The van der Waals surface area contributed by atoms with Crippen molar-refractivity contribution >= 4 is 71.0 Å². The Balaban J connectivity index is 1.21. The normalized spacial score (nSPS) is 14.7. The van der Waals surface area contributed by atoms with Crippen molar-refractivity contribution in [1.29, 1.82) is 0 Å². The Morgan fingerprint density at radius 1 is 0.420 bits per heavy atom. The van der Waals surface area contributed by atoms with E-state index in [2.05, 4.69) is 260 Å². The van der Waals surface area contributed by atoms with Crippen LogP contribution in [0.5, 0.6) is 0 Å². The standard InChI is InChI=1S/C66H60BGeN/c1-42(2)47-39-53(43(3)4)65(54(40-47)44(5)6)67-59-29-19-20-30-61(59)68(48-21-11-9-12-22-48,49-23-13-10-14-24-49)62-41-50(33-34-60(62)67)69-63-35-31-45(7)37-57(63)66(58-38-46(8)32-36-64(58)69)55-27-17-15-25-51(55)52-26-16-18-28-56(52)66/h9-44H,1-8H3. The predicted molar refractivity (Wildman–Crippen MR) is 298 cm³/mol. The van der Waals surface area contributed by atoms with E-state index in [1.165, 1.54) is 112 Å². The first-order valence-electron chi connectivity index (χ1n) is 25.3. The quantitative estimate of drug-likeness (QED) is 0.144. The number of rotatable bonds is 7. The summed E-state index contributed by atoms with van der Waals surface area (Å²) < 4.78 is 5.97. The maximum absolute atomic E-state index is 3.86. The van der Waals surface area contributed by atoms with Gasteiger partial charge in [-0.2, -0.15) is 0 Å². The summed E-state index contributed by atoms with van der Waals surface area (Å²) >= 11 is -3.86. The molecule has 2 heterocycles. The summed E-state index contributed by atoms with van der Waals surface area (Å²) in [7, 11) is 0. The van der Waals surface area contributed by atoms with Crippen molar-refractivity contribution < 1.29 is 0 Å². The van der Waals surface area contributed by atoms with Gasteiger partial charge in [0.25, 0.3) is 0 Å². The van der Waals surface area contributed by atoms with Crippen LogP contribution in [0.1, 0.15) is 109 Å². The van der Waals surface area contributed by atoms with Crippen molar-refractivity contribution in [1.82, 2.24) is 0 Å². The molecule has 0 atom stereocenters. The fourth-order valence-electron chi connectivity index (χ4n) is 13.1. The van der Waals surface area contributed by atoms with Crippen LogP contribution in [-0.2, 0) is 5.41 Å². The van der Waals surface area contributed by atoms with Crippen LogP contribution in [0.25, 0.3) is 11.1 Å². The summed E-state index contributed by atoms with van der Waals surface area (Å²) in [6, 6.07) is 78.7. The molecule has 0 radical (unpaired) electrons. The van der Waals surface area contributed by atoms with Crippen molar-refractivity contribution in [3.63, 3.8) is 0 Å². The molecule has 0 unspecified atom stereocenters. The molecule has 69 heavy (non-hydrogen) atoms. The Morgan fingerprint density at radius 2 is 0.899 bits per heavy atom. The van der Waals surface area contributed by atoms with Crippen molar-refractivity contribution in [3.8, 4) is 11.1 Å². The average molecular weight is 951 g/mol. The van der Waals surface area contributed by atoms with Gasteiger partial charge in [0, 0.05) is 0 Å². The molecule has 0 bridgehead atoms. The SMILES string of the molecule is Cc1ccc2c(c1)C1(c3ccccc3-c3ccccc31)c1cc(C)ccc1N2c1ccc2[c](c1)[Ge]([c]1ccccc1)([c]1ccccc1)[c]1ccccc1B2c1c(C(C)C)cc(C(C)C)cc1C(C)C. The van der Waals surface area contributed by atoms with Crippen LogP contribution in [0, 0.1) is 13.8 Å². The number of anilines is 3. The molecule has 1 nitrogen and oxygen atoms in total. The van der Waals surface area contributed by atoms with Gasteiger partial charge in [0.1, 0.15) is 0 Å². The third-order valence-corrected chi connectivity index (χ3v) is 26.4. The maximum atomic E-state index is 2.69. The van der Waals surface area contributed by atoms with Gasteiger partial charge in [-0.1, -0.05) is 0 Å². The van der Waals surface area contributed by atoms with E-state index in [9.17, 15) is 0 Å². The molecular formula is C66H60BGeN. The van der Waals surface area contributed by atoms with E-state index in [1.807, 2.05) is 0 Å². The molecule has 0 saturated heterocycles. The van der Waals surface area contributed by atoms with Crippen molar-refractivity contribution in [3.05, 3.63) is 250 Å². The third-order valence-electron chi connectivity index (χ3n) is 16.1. The molecule has 336 valence electrons. The van der Waals surface area contributed by atoms with Crippen LogP contribution in [0.3, 0.4) is 0 Å². The van der Waals surface area contributed by atoms with Gasteiger partial charge in [-0.25, -0.2) is 0 Å². The predicted octanol–water partition coefficient (Wildman–Crippen LogP) is 12.0. The zero-order valence-corrected chi connectivity index (χ0v) is 43.4. The van der Waals surface area contributed by atoms with Crippen molar-refractivity contribution in [2.45, 2.75) is 78.6 Å². The second kappa shape index (κ2) is 16.5. The Morgan fingerprint density at radius 3 is 1.42 bits per heavy atom. The van der Waals surface area contributed by atoms with Gasteiger partial charge in [0.15, 0.2) is 0 Å². The number of hydrogen-bond donors (Lipinski definition) is 0. The van der Waals surface area contributed by atoms with Gasteiger partial charge in [0.05, 0.1) is 0 Å². The fraction of sp³-hybridized carbons (Fsp3) is 0.182. The van der Waals surface area contributed by atoms with Crippen LogP contribution in [0.4, 0.5) is 17.1 Å². The average Bonchev–Trinajstić information content (AvgIpc) is 3.66. The Hall–Kier alpha value is -6.61. The molecule has 0 fully saturated rings. The molecule has 0 aromatic heterocycles. The summed E-state index contributed by atoms with van der Waals surface area (Å²) in [5.74, 6) is 1.15. The summed E-state index contributed by atoms with van der Waals surface area (Å²) in [5.41, 5.74) is 22.6. The Labute approximate surface area is 413 Å². The number of fused-ring (bicyclic) bond motifs is 11. The first-order valence-corrected chi connectivity index (χ1v) is 29.5. The first kappa shape index (κ1) is 43.7. The number of benzene rings is 9. The van der Waals surface area contributed by atoms with E-state index < -0.39 is 18.7 Å². The molecule has 0 amide bonds. The van der Waals surface area contributed by atoms with Crippen LogP contribution < -0.4 is 38.9 Å². The van der Waals surface area contributed by atoms with E-state index in [0.717, 1.165) is 0 Å². The molecule has 1 aliphatic carbocycles. The van der Waals surface area contributed by atoms with E-state index >= 15 is 0 Å². The van der Waals surface area contributed by atoms with Gasteiger partial charge in [0.2, 0.25) is 0 Å². The Bertz CT molecular complexity index is 3310. The summed E-state index contributed by atoms with van der Waals surface area (Å²) in [5, 5.41) is 0. The molecule has 2 aliphatic heterocycles. The van der Waals surface area contributed by atoms with E-state index in [1.54, 1.807) is 0 Å². The van der Waals surface area contributed by atoms with Gasteiger partial charge in [-0.05, 0) is 0 Å². The monoisotopic (exact) mass is 951 g/mol.